The van der Waals surface area contributed by atoms with E-state index in [1.807, 2.05) is 23.1 Å². The van der Waals surface area contributed by atoms with E-state index in [0.717, 1.165) is 42.1 Å². The number of benzene rings is 1. The molecule has 0 atom stereocenters. The number of nitrogens with zero attached hydrogens (tertiary/aromatic N) is 1. The molecule has 0 bridgehead atoms. The summed E-state index contributed by atoms with van der Waals surface area (Å²) < 4.78 is 0. The topological polar surface area (TPSA) is 20.3 Å². The Labute approximate surface area is 125 Å². The van der Waals surface area contributed by atoms with Crippen molar-refractivity contribution in [1.29, 1.82) is 0 Å². The highest BCUT2D eigenvalue weighted by atomic mass is 32.2. The molecular formula is C17H21NOS. The Balaban J connectivity index is 1.71. The van der Waals surface area contributed by atoms with Crippen LogP contribution in [-0.2, 0) is 0 Å². The molecule has 0 N–H and O–H groups in total. The van der Waals surface area contributed by atoms with Crippen molar-refractivity contribution >= 4 is 17.7 Å². The molecule has 1 amide bonds. The van der Waals surface area contributed by atoms with Crippen LogP contribution in [0.5, 0.6) is 0 Å². The summed E-state index contributed by atoms with van der Waals surface area (Å²) in [7, 11) is 0. The van der Waals surface area contributed by atoms with Crippen molar-refractivity contribution in [1.82, 2.24) is 4.90 Å². The van der Waals surface area contributed by atoms with Gasteiger partial charge in [0, 0.05) is 18.0 Å². The fourth-order valence-electron chi connectivity index (χ4n) is 2.84. The molecule has 2 fully saturated rings. The van der Waals surface area contributed by atoms with Gasteiger partial charge in [-0.25, -0.2) is 0 Å². The highest BCUT2D eigenvalue weighted by Crippen LogP contribution is 2.36. The van der Waals surface area contributed by atoms with Crippen molar-refractivity contribution in [2.75, 3.05) is 18.8 Å². The van der Waals surface area contributed by atoms with Crippen LogP contribution in [0, 0.1) is 0 Å². The van der Waals surface area contributed by atoms with Gasteiger partial charge in [0.25, 0.3) is 5.91 Å². The number of thioether (sulfide) groups is 1. The summed E-state index contributed by atoms with van der Waals surface area (Å²) >= 11 is 1.75. The minimum absolute atomic E-state index is 0.210. The third-order valence-electron chi connectivity index (χ3n) is 4.07. The first-order chi connectivity index (χ1) is 9.79. The molecule has 1 saturated carbocycles. The number of amides is 1. The van der Waals surface area contributed by atoms with Crippen molar-refractivity contribution < 1.29 is 4.79 Å². The lowest BCUT2D eigenvalue weighted by atomic mass is 10.0. The number of rotatable bonds is 3. The van der Waals surface area contributed by atoms with E-state index in [-0.39, 0.29) is 5.91 Å². The first kappa shape index (κ1) is 13.7. The molecule has 0 aromatic heterocycles. The zero-order valence-electron chi connectivity index (χ0n) is 12.0. The molecule has 1 saturated heterocycles. The maximum absolute atomic E-state index is 12.7. The molecule has 1 heterocycles. The Morgan fingerprint density at radius 2 is 1.75 bits per heavy atom. The van der Waals surface area contributed by atoms with Crippen LogP contribution in [0.1, 0.15) is 43.0 Å². The van der Waals surface area contributed by atoms with Crippen molar-refractivity contribution in [3.8, 4) is 0 Å². The number of piperidine rings is 1. The predicted molar refractivity (Wildman–Crippen MR) is 84.2 cm³/mol. The van der Waals surface area contributed by atoms with Gasteiger partial charge in [-0.3, -0.25) is 4.79 Å². The number of likely N-dealkylation sites (tertiary alicyclic amines) is 1. The molecular weight excluding hydrogens is 266 g/mol. The van der Waals surface area contributed by atoms with Crippen molar-refractivity contribution in [2.45, 2.75) is 37.5 Å². The van der Waals surface area contributed by atoms with Crippen LogP contribution in [0.4, 0.5) is 0 Å². The lowest BCUT2D eigenvalue weighted by molar-refractivity contribution is 0.0740. The summed E-state index contributed by atoms with van der Waals surface area (Å²) in [6.45, 7) is 3.91. The first-order valence-corrected chi connectivity index (χ1v) is 8.49. The van der Waals surface area contributed by atoms with Crippen LogP contribution < -0.4 is 0 Å². The van der Waals surface area contributed by atoms with Crippen LogP contribution in [-0.4, -0.2) is 29.6 Å². The van der Waals surface area contributed by atoms with Gasteiger partial charge in [-0.1, -0.05) is 30.2 Å². The molecule has 3 rings (SSSR count). The molecule has 3 heteroatoms. The van der Waals surface area contributed by atoms with E-state index >= 15 is 0 Å². The summed E-state index contributed by atoms with van der Waals surface area (Å²) in [5.74, 6) is 1.21. The summed E-state index contributed by atoms with van der Waals surface area (Å²) in [6.07, 6.45) is 4.78. The number of carbonyl (C=O) groups excluding carboxylic acids is 1. The number of hydrogen-bond donors (Lipinski definition) is 0. The van der Waals surface area contributed by atoms with Gasteiger partial charge < -0.3 is 4.90 Å². The Kier molecular flexibility index (Phi) is 4.16. The summed E-state index contributed by atoms with van der Waals surface area (Å²) in [4.78, 5) is 15.8. The van der Waals surface area contributed by atoms with Gasteiger partial charge in [0.15, 0.2) is 0 Å². The standard InChI is InChI=1S/C17H21NOS/c1-2-20-16-6-4-3-5-15(16)17(19)18-11-9-14(10-12-18)13-7-8-13/h3-6H,2,7-12H2,1H3. The molecule has 0 spiro atoms. The van der Waals surface area contributed by atoms with Crippen molar-refractivity contribution in [2.24, 2.45) is 0 Å². The van der Waals surface area contributed by atoms with E-state index < -0.39 is 0 Å². The van der Waals surface area contributed by atoms with Gasteiger partial charge in [-0.05, 0) is 43.6 Å². The van der Waals surface area contributed by atoms with Gasteiger partial charge >= 0.3 is 0 Å². The predicted octanol–water partition coefficient (Wildman–Crippen LogP) is 4.13. The summed E-state index contributed by atoms with van der Waals surface area (Å²) in [5.41, 5.74) is 4.17. The normalized spacial score (nSPS) is 18.4. The SMILES string of the molecule is CCSc1ccccc1C(=O)N1CCC(=C2CC2)CC1. The second-order valence-corrected chi connectivity index (χ2v) is 6.73. The van der Waals surface area contributed by atoms with Crippen LogP contribution in [0.3, 0.4) is 0 Å². The van der Waals surface area contributed by atoms with Crippen LogP contribution in [0.2, 0.25) is 0 Å². The second-order valence-electron chi connectivity index (χ2n) is 5.43. The minimum Gasteiger partial charge on any atom is -0.338 e. The Bertz CT molecular complexity index is 534. The molecule has 1 aromatic rings. The zero-order valence-corrected chi connectivity index (χ0v) is 12.8. The molecule has 2 nitrogen and oxygen atoms in total. The molecule has 0 unspecified atom stereocenters. The van der Waals surface area contributed by atoms with Gasteiger partial charge in [-0.2, -0.15) is 0 Å². The van der Waals surface area contributed by atoms with Gasteiger partial charge in [0.1, 0.15) is 0 Å². The summed E-state index contributed by atoms with van der Waals surface area (Å²) in [5, 5.41) is 0. The molecule has 106 valence electrons. The Morgan fingerprint density at radius 3 is 2.40 bits per heavy atom. The third-order valence-corrected chi connectivity index (χ3v) is 5.03. The average molecular weight is 287 g/mol. The van der Waals surface area contributed by atoms with E-state index in [0.29, 0.717) is 0 Å². The lowest BCUT2D eigenvalue weighted by Gasteiger charge is -2.29. The van der Waals surface area contributed by atoms with E-state index in [1.165, 1.54) is 12.8 Å². The highest BCUT2D eigenvalue weighted by Gasteiger charge is 2.25. The molecule has 2 aliphatic rings. The number of hydrogen-bond acceptors (Lipinski definition) is 2. The van der Waals surface area contributed by atoms with E-state index in [4.69, 9.17) is 0 Å². The van der Waals surface area contributed by atoms with Crippen molar-refractivity contribution in [3.05, 3.63) is 41.0 Å². The molecule has 1 aliphatic carbocycles. The molecule has 1 aliphatic heterocycles. The third kappa shape index (κ3) is 2.93. The monoisotopic (exact) mass is 287 g/mol. The minimum atomic E-state index is 0.210. The van der Waals surface area contributed by atoms with Crippen LogP contribution in [0.15, 0.2) is 40.3 Å². The quantitative estimate of drug-likeness (QED) is 0.615. The van der Waals surface area contributed by atoms with Gasteiger partial charge in [0.2, 0.25) is 0 Å². The average Bonchev–Trinajstić information content (AvgIpc) is 3.32. The fraction of sp³-hybridized carbons (Fsp3) is 0.471. The lowest BCUT2D eigenvalue weighted by Crippen LogP contribution is -2.36. The van der Waals surface area contributed by atoms with Crippen LogP contribution in [0.25, 0.3) is 0 Å². The first-order valence-electron chi connectivity index (χ1n) is 7.50. The molecule has 0 radical (unpaired) electrons. The maximum Gasteiger partial charge on any atom is 0.255 e. The van der Waals surface area contributed by atoms with E-state index in [9.17, 15) is 4.79 Å². The van der Waals surface area contributed by atoms with Crippen LogP contribution >= 0.6 is 11.8 Å². The highest BCUT2D eigenvalue weighted by molar-refractivity contribution is 7.99. The summed E-state index contributed by atoms with van der Waals surface area (Å²) in [6, 6.07) is 8.01. The number of carbonyl (C=O) groups is 1. The van der Waals surface area contributed by atoms with Gasteiger partial charge in [-0.15, -0.1) is 11.8 Å². The van der Waals surface area contributed by atoms with E-state index in [1.54, 1.807) is 22.9 Å². The molecule has 20 heavy (non-hydrogen) atoms. The number of allylic oxidation sites excluding steroid dienone is 1. The smallest absolute Gasteiger partial charge is 0.255 e. The van der Waals surface area contributed by atoms with Gasteiger partial charge in [0.05, 0.1) is 5.56 Å². The fourth-order valence-corrected chi connectivity index (χ4v) is 3.64. The Morgan fingerprint density at radius 1 is 1.10 bits per heavy atom. The largest absolute Gasteiger partial charge is 0.338 e. The zero-order chi connectivity index (χ0) is 13.9. The molecule has 1 aromatic carbocycles. The second kappa shape index (κ2) is 6.04. The van der Waals surface area contributed by atoms with Crippen molar-refractivity contribution in [3.63, 3.8) is 0 Å². The maximum atomic E-state index is 12.7. The Hall–Kier alpha value is -1.22. The van der Waals surface area contributed by atoms with E-state index in [2.05, 4.69) is 13.0 Å².